The molecule has 0 saturated carbocycles. The minimum absolute atomic E-state index is 0.153. The number of rotatable bonds is 4. The Balaban J connectivity index is 1.82. The van der Waals surface area contributed by atoms with Gasteiger partial charge in [-0.05, 0) is 12.1 Å². The van der Waals surface area contributed by atoms with Crippen LogP contribution in [-0.2, 0) is 16.0 Å². The molecule has 0 saturated heterocycles. The molecule has 1 heterocycles. The lowest BCUT2D eigenvalue weighted by Crippen LogP contribution is -2.43. The highest BCUT2D eigenvalue weighted by Gasteiger charge is 2.09. The maximum absolute atomic E-state index is 11.6. The molecule has 6 heteroatoms. The van der Waals surface area contributed by atoms with Gasteiger partial charge >= 0.3 is 0 Å². The molecule has 0 fully saturated rings. The Labute approximate surface area is 121 Å². The summed E-state index contributed by atoms with van der Waals surface area (Å²) in [4.78, 5) is 27.4. The van der Waals surface area contributed by atoms with E-state index in [4.69, 9.17) is 0 Å². The Kier molecular flexibility index (Phi) is 4.68. The van der Waals surface area contributed by atoms with Crippen LogP contribution < -0.4 is 10.9 Å². The van der Waals surface area contributed by atoms with Crippen LogP contribution in [0, 0.1) is 5.92 Å². The lowest BCUT2D eigenvalue weighted by molar-refractivity contribution is -0.130. The van der Waals surface area contributed by atoms with Crippen molar-refractivity contribution in [3.63, 3.8) is 0 Å². The minimum atomic E-state index is -0.210. The third-order valence-electron chi connectivity index (χ3n) is 2.75. The van der Waals surface area contributed by atoms with E-state index in [2.05, 4.69) is 15.8 Å². The van der Waals surface area contributed by atoms with Crippen LogP contribution in [-0.4, -0.2) is 16.8 Å². The number of nitrogens with zero attached hydrogens (tertiary/aromatic N) is 1. The van der Waals surface area contributed by atoms with Gasteiger partial charge in [-0.1, -0.05) is 26.0 Å². The van der Waals surface area contributed by atoms with E-state index in [1.807, 2.05) is 24.3 Å². The molecule has 0 spiro atoms. The van der Waals surface area contributed by atoms with Crippen LogP contribution in [0.5, 0.6) is 0 Å². The lowest BCUT2D eigenvalue weighted by atomic mass is 10.2. The van der Waals surface area contributed by atoms with Gasteiger partial charge in [0.15, 0.2) is 0 Å². The van der Waals surface area contributed by atoms with Gasteiger partial charge < -0.3 is 0 Å². The molecule has 0 bridgehead atoms. The standard InChI is InChI=1S/C14H17N3O2S/c1-9(2)14(19)17-16-12(18)7-8-13-15-10-5-3-4-6-11(10)20-13/h3-6,9H,7-8H2,1-2H3,(H,16,18)(H,17,19). The van der Waals surface area contributed by atoms with Gasteiger partial charge in [0.1, 0.15) is 0 Å². The first-order valence-corrected chi connectivity index (χ1v) is 7.31. The van der Waals surface area contributed by atoms with E-state index >= 15 is 0 Å². The second-order valence-corrected chi connectivity index (χ2v) is 5.88. The third kappa shape index (κ3) is 3.77. The SMILES string of the molecule is CC(C)C(=O)NNC(=O)CCc1nc2ccccc2s1. The van der Waals surface area contributed by atoms with Crippen molar-refractivity contribution in [1.29, 1.82) is 0 Å². The number of benzene rings is 1. The highest BCUT2D eigenvalue weighted by molar-refractivity contribution is 7.18. The monoisotopic (exact) mass is 291 g/mol. The maximum atomic E-state index is 11.6. The number of nitrogens with one attached hydrogen (secondary N) is 2. The molecule has 2 rings (SSSR count). The number of amides is 2. The normalized spacial score (nSPS) is 10.8. The Morgan fingerprint density at radius 2 is 2.00 bits per heavy atom. The highest BCUT2D eigenvalue weighted by Crippen LogP contribution is 2.22. The molecule has 5 nitrogen and oxygen atoms in total. The van der Waals surface area contributed by atoms with Crippen molar-refractivity contribution < 1.29 is 9.59 Å². The summed E-state index contributed by atoms with van der Waals surface area (Å²) in [5.41, 5.74) is 5.75. The molecule has 1 aromatic carbocycles. The number of hydrogen-bond donors (Lipinski definition) is 2. The Bertz CT molecular complexity index is 589. The predicted octanol–water partition coefficient (Wildman–Crippen LogP) is 2.03. The van der Waals surface area contributed by atoms with Crippen LogP contribution >= 0.6 is 11.3 Å². The van der Waals surface area contributed by atoms with Crippen molar-refractivity contribution in [3.8, 4) is 0 Å². The first-order valence-electron chi connectivity index (χ1n) is 6.49. The number of thiazole rings is 1. The summed E-state index contributed by atoms with van der Waals surface area (Å²) in [6.07, 6.45) is 0.876. The zero-order chi connectivity index (χ0) is 14.5. The number of carbonyl (C=O) groups excluding carboxylic acids is 2. The second-order valence-electron chi connectivity index (χ2n) is 4.77. The second kappa shape index (κ2) is 6.47. The Morgan fingerprint density at radius 1 is 1.25 bits per heavy atom. The zero-order valence-electron chi connectivity index (χ0n) is 11.5. The third-order valence-corrected chi connectivity index (χ3v) is 3.85. The smallest absolute Gasteiger partial charge is 0.240 e. The molecule has 106 valence electrons. The van der Waals surface area contributed by atoms with Gasteiger partial charge in [-0.25, -0.2) is 4.98 Å². The van der Waals surface area contributed by atoms with E-state index in [0.717, 1.165) is 15.2 Å². The summed E-state index contributed by atoms with van der Waals surface area (Å²) in [6.45, 7) is 3.53. The van der Waals surface area contributed by atoms with Crippen molar-refractivity contribution in [3.05, 3.63) is 29.3 Å². The number of aromatic nitrogens is 1. The maximum Gasteiger partial charge on any atom is 0.240 e. The minimum Gasteiger partial charge on any atom is -0.273 e. The van der Waals surface area contributed by atoms with Gasteiger partial charge in [-0.15, -0.1) is 11.3 Å². The van der Waals surface area contributed by atoms with Crippen LogP contribution in [0.15, 0.2) is 24.3 Å². The van der Waals surface area contributed by atoms with Crippen LogP contribution in [0.3, 0.4) is 0 Å². The van der Waals surface area contributed by atoms with E-state index in [0.29, 0.717) is 12.8 Å². The van der Waals surface area contributed by atoms with E-state index in [1.54, 1.807) is 25.2 Å². The van der Waals surface area contributed by atoms with Crippen LogP contribution in [0.2, 0.25) is 0 Å². The molecular weight excluding hydrogens is 274 g/mol. The fourth-order valence-electron chi connectivity index (χ4n) is 1.59. The first-order chi connectivity index (χ1) is 9.56. The fraction of sp³-hybridized carbons (Fsp3) is 0.357. The molecule has 0 aliphatic heterocycles. The van der Waals surface area contributed by atoms with E-state index in [9.17, 15) is 9.59 Å². The van der Waals surface area contributed by atoms with Crippen LogP contribution in [0.4, 0.5) is 0 Å². The van der Waals surface area contributed by atoms with Crippen molar-refractivity contribution in [2.45, 2.75) is 26.7 Å². The number of para-hydroxylation sites is 1. The number of aryl methyl sites for hydroxylation is 1. The largest absolute Gasteiger partial charge is 0.273 e. The average molecular weight is 291 g/mol. The molecular formula is C14H17N3O2S. The molecule has 2 amide bonds. The molecule has 2 N–H and O–H groups in total. The molecule has 20 heavy (non-hydrogen) atoms. The topological polar surface area (TPSA) is 71.1 Å². The molecule has 0 aliphatic rings. The average Bonchev–Trinajstić information content (AvgIpc) is 2.85. The fourth-order valence-corrected chi connectivity index (χ4v) is 2.55. The summed E-state index contributed by atoms with van der Waals surface area (Å²) in [7, 11) is 0. The van der Waals surface area contributed by atoms with Gasteiger partial charge in [0.25, 0.3) is 0 Å². The predicted molar refractivity (Wildman–Crippen MR) is 79.1 cm³/mol. The molecule has 0 unspecified atom stereocenters. The molecule has 2 aromatic rings. The summed E-state index contributed by atoms with van der Waals surface area (Å²) in [6, 6.07) is 7.89. The van der Waals surface area contributed by atoms with Gasteiger partial charge in [0.2, 0.25) is 11.8 Å². The molecule has 0 aliphatic carbocycles. The number of fused-ring (bicyclic) bond motifs is 1. The van der Waals surface area contributed by atoms with E-state index in [-0.39, 0.29) is 17.7 Å². The van der Waals surface area contributed by atoms with Gasteiger partial charge in [-0.2, -0.15) is 0 Å². The van der Waals surface area contributed by atoms with Crippen LogP contribution in [0.1, 0.15) is 25.3 Å². The quantitative estimate of drug-likeness (QED) is 0.847. The van der Waals surface area contributed by atoms with Crippen molar-refractivity contribution >= 4 is 33.4 Å². The number of hydrazine groups is 1. The molecule has 1 aromatic heterocycles. The molecule has 0 atom stereocenters. The number of hydrogen-bond acceptors (Lipinski definition) is 4. The zero-order valence-corrected chi connectivity index (χ0v) is 12.3. The summed E-state index contributed by atoms with van der Waals surface area (Å²) in [5.74, 6) is -0.559. The number of carbonyl (C=O) groups is 2. The van der Waals surface area contributed by atoms with E-state index in [1.165, 1.54) is 0 Å². The Hall–Kier alpha value is -1.95. The van der Waals surface area contributed by atoms with Crippen LogP contribution in [0.25, 0.3) is 10.2 Å². The summed E-state index contributed by atoms with van der Waals surface area (Å²) >= 11 is 1.59. The van der Waals surface area contributed by atoms with Gasteiger partial charge in [-0.3, -0.25) is 20.4 Å². The summed E-state index contributed by atoms with van der Waals surface area (Å²) < 4.78 is 1.12. The summed E-state index contributed by atoms with van der Waals surface area (Å²) in [5, 5.41) is 0.927. The van der Waals surface area contributed by atoms with Crippen molar-refractivity contribution in [1.82, 2.24) is 15.8 Å². The van der Waals surface area contributed by atoms with Crippen molar-refractivity contribution in [2.75, 3.05) is 0 Å². The Morgan fingerprint density at radius 3 is 2.70 bits per heavy atom. The highest BCUT2D eigenvalue weighted by atomic mass is 32.1. The van der Waals surface area contributed by atoms with E-state index < -0.39 is 0 Å². The van der Waals surface area contributed by atoms with Gasteiger partial charge in [0, 0.05) is 18.8 Å². The first kappa shape index (κ1) is 14.5. The van der Waals surface area contributed by atoms with Gasteiger partial charge in [0.05, 0.1) is 15.2 Å². The molecule has 0 radical (unpaired) electrons. The lowest BCUT2D eigenvalue weighted by Gasteiger charge is -2.08. The van der Waals surface area contributed by atoms with Crippen molar-refractivity contribution in [2.24, 2.45) is 5.92 Å².